The first-order valence-corrected chi connectivity index (χ1v) is 11.8. The molecule has 184 valence electrons. The number of carbonyl (C=O) groups is 2. The standard InChI is InChI=1S/C25H32N2O7/c1-4-5-6-7-8-9-10-11-12-20-13-19-15-27(25(30)26-24(19)33-20)23-14-21(32-18(3)29)22(34-23)16-31-17(2)28/h13,15,21-23H,4-10,14,16H2,1-3H3/t21-,22+,23+/m0/s1. The molecule has 9 heteroatoms. The fraction of sp³-hybridized carbons (Fsp3) is 0.600. The molecule has 0 aromatic carbocycles. The van der Waals surface area contributed by atoms with Crippen LogP contribution in [0.4, 0.5) is 0 Å². The van der Waals surface area contributed by atoms with Gasteiger partial charge in [0.2, 0.25) is 5.71 Å². The minimum atomic E-state index is -0.730. The molecule has 9 nitrogen and oxygen atoms in total. The molecular weight excluding hydrogens is 440 g/mol. The van der Waals surface area contributed by atoms with Crippen LogP contribution in [0.5, 0.6) is 0 Å². The Balaban J connectivity index is 1.67. The molecule has 0 saturated carbocycles. The van der Waals surface area contributed by atoms with Gasteiger partial charge in [0.15, 0.2) is 5.76 Å². The first-order valence-electron chi connectivity index (χ1n) is 11.8. The van der Waals surface area contributed by atoms with E-state index in [0.717, 1.165) is 12.8 Å². The molecule has 1 saturated heterocycles. The van der Waals surface area contributed by atoms with Crippen molar-refractivity contribution >= 4 is 23.0 Å². The highest BCUT2D eigenvalue weighted by molar-refractivity contribution is 5.73. The van der Waals surface area contributed by atoms with Crippen molar-refractivity contribution in [2.45, 2.75) is 90.6 Å². The number of nitrogens with zero attached hydrogens (tertiary/aromatic N) is 2. The molecule has 34 heavy (non-hydrogen) atoms. The lowest BCUT2D eigenvalue weighted by molar-refractivity contribution is -0.155. The summed E-state index contributed by atoms with van der Waals surface area (Å²) in [5, 5.41) is 0.611. The van der Waals surface area contributed by atoms with Gasteiger partial charge >= 0.3 is 17.6 Å². The molecule has 0 N–H and O–H groups in total. The predicted octanol–water partition coefficient (Wildman–Crippen LogP) is 3.87. The van der Waals surface area contributed by atoms with Gasteiger partial charge in [-0.3, -0.25) is 14.2 Å². The number of hydrogen-bond donors (Lipinski definition) is 0. The smallest absolute Gasteiger partial charge is 0.353 e. The SMILES string of the molecule is CCCCCCCCC#Cc1cc2cn([C@H]3C[C@H](OC(C)=O)[C@@H](COC(C)=O)O3)c(=O)nc2o1. The highest BCUT2D eigenvalue weighted by atomic mass is 16.6. The Labute approximate surface area is 198 Å². The monoisotopic (exact) mass is 472 g/mol. The molecule has 0 spiro atoms. The number of aromatic nitrogens is 2. The summed E-state index contributed by atoms with van der Waals surface area (Å²) in [5.41, 5.74) is -0.357. The lowest BCUT2D eigenvalue weighted by Gasteiger charge is -2.17. The predicted molar refractivity (Wildman–Crippen MR) is 124 cm³/mol. The Morgan fingerprint density at radius 3 is 2.68 bits per heavy atom. The highest BCUT2D eigenvalue weighted by Gasteiger charge is 2.39. The topological polar surface area (TPSA) is 110 Å². The van der Waals surface area contributed by atoms with E-state index in [1.165, 1.54) is 50.5 Å². The van der Waals surface area contributed by atoms with Crippen LogP contribution in [0.2, 0.25) is 0 Å². The van der Waals surface area contributed by atoms with Gasteiger partial charge in [-0.2, -0.15) is 4.98 Å². The number of hydrogen-bond acceptors (Lipinski definition) is 8. The lowest BCUT2D eigenvalue weighted by atomic mass is 10.1. The third kappa shape index (κ3) is 7.19. The fourth-order valence-electron chi connectivity index (χ4n) is 3.89. The number of carbonyl (C=O) groups excluding carboxylic acids is 2. The van der Waals surface area contributed by atoms with Crippen molar-refractivity contribution in [3.05, 3.63) is 28.5 Å². The molecule has 0 aliphatic carbocycles. The summed E-state index contributed by atoms with van der Waals surface area (Å²) < 4.78 is 23.2. The van der Waals surface area contributed by atoms with Crippen LogP contribution in [0.3, 0.4) is 0 Å². The van der Waals surface area contributed by atoms with Crippen molar-refractivity contribution in [1.82, 2.24) is 9.55 Å². The summed E-state index contributed by atoms with van der Waals surface area (Å²) in [4.78, 5) is 39.3. The average molecular weight is 473 g/mol. The van der Waals surface area contributed by atoms with Crippen molar-refractivity contribution in [3.8, 4) is 11.8 Å². The first kappa shape index (κ1) is 25.5. The van der Waals surface area contributed by atoms with Crippen LogP contribution in [-0.4, -0.2) is 40.3 Å². The van der Waals surface area contributed by atoms with Crippen molar-refractivity contribution < 1.29 is 28.2 Å². The normalized spacial score (nSPS) is 19.6. The second-order valence-electron chi connectivity index (χ2n) is 8.44. The second kappa shape index (κ2) is 12.4. The van der Waals surface area contributed by atoms with E-state index in [1.807, 2.05) is 0 Å². The minimum Gasteiger partial charge on any atom is -0.463 e. The highest BCUT2D eigenvalue weighted by Crippen LogP contribution is 2.31. The van der Waals surface area contributed by atoms with Crippen LogP contribution in [0, 0.1) is 11.8 Å². The molecule has 2 aromatic rings. The Hall–Kier alpha value is -3.12. The third-order valence-corrected chi connectivity index (χ3v) is 5.56. The zero-order chi connectivity index (χ0) is 24.5. The summed E-state index contributed by atoms with van der Waals surface area (Å²) in [7, 11) is 0. The number of furan rings is 1. The second-order valence-corrected chi connectivity index (χ2v) is 8.44. The molecule has 0 amide bonds. The molecule has 3 heterocycles. The maximum absolute atomic E-state index is 12.6. The van der Waals surface area contributed by atoms with Gasteiger partial charge in [0, 0.05) is 39.0 Å². The molecular formula is C25H32N2O7. The number of rotatable bonds is 10. The van der Waals surface area contributed by atoms with Crippen LogP contribution in [0.1, 0.15) is 84.1 Å². The van der Waals surface area contributed by atoms with Gasteiger partial charge in [-0.05, 0) is 12.3 Å². The number of fused-ring (bicyclic) bond motifs is 1. The third-order valence-electron chi connectivity index (χ3n) is 5.56. The van der Waals surface area contributed by atoms with Crippen molar-refractivity contribution in [3.63, 3.8) is 0 Å². The van der Waals surface area contributed by atoms with Crippen LogP contribution < -0.4 is 5.69 Å². The van der Waals surface area contributed by atoms with Crippen LogP contribution >= 0.6 is 0 Å². The number of esters is 2. The van der Waals surface area contributed by atoms with E-state index in [0.29, 0.717) is 11.1 Å². The van der Waals surface area contributed by atoms with Gasteiger partial charge in [-0.25, -0.2) is 4.79 Å². The lowest BCUT2D eigenvalue weighted by Crippen LogP contribution is -2.31. The quantitative estimate of drug-likeness (QED) is 0.291. The van der Waals surface area contributed by atoms with Gasteiger partial charge in [-0.15, -0.1) is 0 Å². The molecule has 1 aliphatic rings. The maximum atomic E-state index is 12.6. The van der Waals surface area contributed by atoms with E-state index >= 15 is 0 Å². The summed E-state index contributed by atoms with van der Waals surface area (Å²) in [6, 6.07) is 1.74. The zero-order valence-corrected chi connectivity index (χ0v) is 20.0. The van der Waals surface area contributed by atoms with Crippen LogP contribution in [0.25, 0.3) is 11.1 Å². The van der Waals surface area contributed by atoms with Crippen LogP contribution in [0.15, 0.2) is 21.5 Å². The Morgan fingerprint density at radius 1 is 1.18 bits per heavy atom. The number of unbranched alkanes of at least 4 members (excludes halogenated alkanes) is 6. The van der Waals surface area contributed by atoms with E-state index in [2.05, 4.69) is 23.7 Å². The Kier molecular flexibility index (Phi) is 9.28. The summed E-state index contributed by atoms with van der Waals surface area (Å²) in [6.07, 6.45) is 7.78. The van der Waals surface area contributed by atoms with E-state index < -0.39 is 36.1 Å². The molecule has 3 atom stereocenters. The maximum Gasteiger partial charge on any atom is 0.353 e. The molecule has 3 rings (SSSR count). The first-order chi connectivity index (χ1) is 16.4. The van der Waals surface area contributed by atoms with Gasteiger partial charge in [0.1, 0.15) is 25.0 Å². The molecule has 0 radical (unpaired) electrons. The molecule has 1 aliphatic heterocycles. The Bertz CT molecular complexity index is 1110. The molecule has 1 fully saturated rings. The van der Waals surface area contributed by atoms with E-state index in [9.17, 15) is 14.4 Å². The minimum absolute atomic E-state index is 0.0851. The largest absolute Gasteiger partial charge is 0.463 e. The average Bonchev–Trinajstić information content (AvgIpc) is 3.36. The number of ether oxygens (including phenoxy) is 3. The van der Waals surface area contributed by atoms with Crippen LogP contribution in [-0.2, 0) is 23.8 Å². The summed E-state index contributed by atoms with van der Waals surface area (Å²) >= 11 is 0. The van der Waals surface area contributed by atoms with Gasteiger partial charge in [-0.1, -0.05) is 44.9 Å². The Morgan fingerprint density at radius 2 is 1.94 bits per heavy atom. The van der Waals surface area contributed by atoms with E-state index in [4.69, 9.17) is 18.6 Å². The molecule has 0 unspecified atom stereocenters. The van der Waals surface area contributed by atoms with Gasteiger partial charge < -0.3 is 18.6 Å². The summed E-state index contributed by atoms with van der Waals surface area (Å²) in [6.45, 7) is 4.69. The molecule has 0 bridgehead atoms. The fourth-order valence-corrected chi connectivity index (χ4v) is 3.89. The van der Waals surface area contributed by atoms with Crippen molar-refractivity contribution in [1.29, 1.82) is 0 Å². The van der Waals surface area contributed by atoms with Crippen molar-refractivity contribution in [2.75, 3.05) is 6.61 Å². The van der Waals surface area contributed by atoms with Crippen molar-refractivity contribution in [2.24, 2.45) is 0 Å². The van der Waals surface area contributed by atoms with Gasteiger partial charge in [0.05, 0.1) is 5.39 Å². The van der Waals surface area contributed by atoms with Gasteiger partial charge in [0.25, 0.3) is 0 Å². The zero-order valence-electron chi connectivity index (χ0n) is 20.0. The van der Waals surface area contributed by atoms with E-state index in [-0.39, 0.29) is 18.7 Å². The summed E-state index contributed by atoms with van der Waals surface area (Å²) in [5.74, 6) is 5.61. The molecule has 2 aromatic heterocycles. The van der Waals surface area contributed by atoms with E-state index in [1.54, 1.807) is 12.3 Å².